The zero-order chi connectivity index (χ0) is 17.1. The van der Waals surface area contributed by atoms with E-state index in [0.717, 1.165) is 23.1 Å². The Morgan fingerprint density at radius 3 is 2.65 bits per heavy atom. The third-order valence-electron chi connectivity index (χ3n) is 2.82. The summed E-state index contributed by atoms with van der Waals surface area (Å²) >= 11 is 2.89. The van der Waals surface area contributed by atoms with Gasteiger partial charge in [0.1, 0.15) is 11.5 Å². The number of carbonyl (C=O) groups excluding carboxylic acids is 2. The highest BCUT2D eigenvalue weighted by molar-refractivity contribution is 9.10. The summed E-state index contributed by atoms with van der Waals surface area (Å²) in [6, 6.07) is 1.76. The van der Waals surface area contributed by atoms with Gasteiger partial charge in [-0.25, -0.2) is 4.39 Å². The van der Waals surface area contributed by atoms with E-state index in [1.807, 2.05) is 0 Å². The predicted molar refractivity (Wildman–Crippen MR) is 76.2 cm³/mol. The van der Waals surface area contributed by atoms with E-state index in [-0.39, 0.29) is 22.4 Å². The van der Waals surface area contributed by atoms with E-state index in [4.69, 9.17) is 5.11 Å². The molecule has 0 saturated carbocycles. The SMILES string of the molecule is O=C1C=C(Nc2cc(F)cc(Br)c2OC(F)F)C(=O)N1CCO. The summed E-state index contributed by atoms with van der Waals surface area (Å²) in [5.74, 6) is -2.64. The van der Waals surface area contributed by atoms with Crippen molar-refractivity contribution in [1.82, 2.24) is 4.90 Å². The number of hydrogen-bond acceptors (Lipinski definition) is 5. The lowest BCUT2D eigenvalue weighted by molar-refractivity contribution is -0.137. The topological polar surface area (TPSA) is 78.9 Å². The smallest absolute Gasteiger partial charge is 0.387 e. The van der Waals surface area contributed by atoms with Gasteiger partial charge >= 0.3 is 6.61 Å². The Kier molecular flexibility index (Phi) is 5.26. The van der Waals surface area contributed by atoms with Crippen molar-refractivity contribution in [1.29, 1.82) is 0 Å². The van der Waals surface area contributed by atoms with Crippen molar-refractivity contribution in [2.45, 2.75) is 6.61 Å². The minimum Gasteiger partial charge on any atom is -0.431 e. The third-order valence-corrected chi connectivity index (χ3v) is 3.41. The fourth-order valence-corrected chi connectivity index (χ4v) is 2.44. The Hall–Kier alpha value is -2.07. The molecule has 0 radical (unpaired) electrons. The van der Waals surface area contributed by atoms with Crippen molar-refractivity contribution in [3.63, 3.8) is 0 Å². The maximum absolute atomic E-state index is 13.5. The van der Waals surface area contributed by atoms with Gasteiger partial charge in [-0.2, -0.15) is 8.78 Å². The molecule has 1 aliphatic rings. The molecule has 0 aliphatic carbocycles. The van der Waals surface area contributed by atoms with Gasteiger partial charge in [0.05, 0.1) is 23.3 Å². The van der Waals surface area contributed by atoms with Crippen LogP contribution in [0.2, 0.25) is 0 Å². The number of nitrogens with one attached hydrogen (secondary N) is 1. The van der Waals surface area contributed by atoms with Gasteiger partial charge < -0.3 is 15.2 Å². The van der Waals surface area contributed by atoms with Crippen molar-refractivity contribution in [2.75, 3.05) is 18.5 Å². The number of benzene rings is 1. The Labute approximate surface area is 136 Å². The van der Waals surface area contributed by atoms with E-state index in [2.05, 4.69) is 26.0 Å². The van der Waals surface area contributed by atoms with Gasteiger partial charge in [0.15, 0.2) is 5.75 Å². The molecular formula is C13H10BrF3N2O4. The van der Waals surface area contributed by atoms with E-state index in [1.54, 1.807) is 0 Å². The third kappa shape index (κ3) is 3.82. The highest BCUT2D eigenvalue weighted by Crippen LogP contribution is 2.36. The number of halogens is 4. The van der Waals surface area contributed by atoms with Gasteiger partial charge in [0.25, 0.3) is 11.8 Å². The molecule has 0 atom stereocenters. The maximum atomic E-state index is 13.5. The summed E-state index contributed by atoms with van der Waals surface area (Å²) in [6.45, 7) is -3.81. The first-order valence-corrected chi connectivity index (χ1v) is 7.02. The van der Waals surface area contributed by atoms with Gasteiger partial charge in [-0.15, -0.1) is 0 Å². The molecule has 0 bridgehead atoms. The largest absolute Gasteiger partial charge is 0.431 e. The normalized spacial score (nSPS) is 14.5. The average molecular weight is 395 g/mol. The van der Waals surface area contributed by atoms with Crippen LogP contribution in [0.4, 0.5) is 18.9 Å². The van der Waals surface area contributed by atoms with Crippen LogP contribution in [0.25, 0.3) is 0 Å². The number of imide groups is 1. The number of ether oxygens (including phenoxy) is 1. The fourth-order valence-electron chi connectivity index (χ4n) is 1.92. The quantitative estimate of drug-likeness (QED) is 0.719. The van der Waals surface area contributed by atoms with E-state index < -0.39 is 36.6 Å². The average Bonchev–Trinajstić information content (AvgIpc) is 2.70. The van der Waals surface area contributed by atoms with Gasteiger partial charge in [0.2, 0.25) is 0 Å². The van der Waals surface area contributed by atoms with Crippen LogP contribution >= 0.6 is 15.9 Å². The summed E-state index contributed by atoms with van der Waals surface area (Å²) in [7, 11) is 0. The number of aliphatic hydroxyl groups is 1. The number of alkyl halides is 2. The fraction of sp³-hybridized carbons (Fsp3) is 0.231. The number of amides is 2. The standard InChI is InChI=1S/C13H10BrF3N2O4/c14-7-3-6(15)4-8(11(7)23-13(16)17)18-9-5-10(21)19(1-2-20)12(9)22/h3-5,13,18,20H,1-2H2. The molecule has 1 heterocycles. The molecule has 0 spiro atoms. The molecule has 1 aromatic carbocycles. The molecule has 1 aromatic rings. The van der Waals surface area contributed by atoms with Crippen LogP contribution in [-0.2, 0) is 9.59 Å². The van der Waals surface area contributed by atoms with Crippen LogP contribution in [0.5, 0.6) is 5.75 Å². The minimum atomic E-state index is -3.17. The van der Waals surface area contributed by atoms with Crippen molar-refractivity contribution in [2.24, 2.45) is 0 Å². The highest BCUT2D eigenvalue weighted by atomic mass is 79.9. The first-order chi connectivity index (χ1) is 10.8. The number of carbonyl (C=O) groups is 2. The molecule has 124 valence electrons. The van der Waals surface area contributed by atoms with Crippen LogP contribution in [0.15, 0.2) is 28.4 Å². The minimum absolute atomic E-state index is 0.0927. The van der Waals surface area contributed by atoms with Gasteiger partial charge in [-0.3, -0.25) is 14.5 Å². The molecule has 2 N–H and O–H groups in total. The summed E-state index contributed by atoms with van der Waals surface area (Å²) in [4.78, 5) is 24.4. The van der Waals surface area contributed by atoms with Crippen LogP contribution in [0.1, 0.15) is 0 Å². The number of rotatable bonds is 6. The second kappa shape index (κ2) is 7.01. The Morgan fingerprint density at radius 1 is 1.35 bits per heavy atom. The second-order valence-electron chi connectivity index (χ2n) is 4.34. The van der Waals surface area contributed by atoms with E-state index >= 15 is 0 Å². The molecule has 2 rings (SSSR count). The van der Waals surface area contributed by atoms with Crippen molar-refractivity contribution in [3.05, 3.63) is 34.2 Å². The van der Waals surface area contributed by atoms with E-state index in [9.17, 15) is 22.8 Å². The molecule has 10 heteroatoms. The lowest BCUT2D eigenvalue weighted by Gasteiger charge is -2.16. The Bertz CT molecular complexity index is 681. The van der Waals surface area contributed by atoms with Crippen molar-refractivity contribution >= 4 is 33.4 Å². The van der Waals surface area contributed by atoms with Crippen LogP contribution in [-0.4, -0.2) is 41.6 Å². The molecule has 0 unspecified atom stereocenters. The number of anilines is 1. The molecular weight excluding hydrogens is 385 g/mol. The first-order valence-electron chi connectivity index (χ1n) is 6.22. The predicted octanol–water partition coefficient (Wildman–Crippen LogP) is 1.85. The van der Waals surface area contributed by atoms with Gasteiger partial charge in [-0.05, 0) is 22.0 Å². The summed E-state index contributed by atoms with van der Waals surface area (Å²) in [5.41, 5.74) is -0.504. The monoisotopic (exact) mass is 394 g/mol. The summed E-state index contributed by atoms with van der Waals surface area (Å²) in [5, 5.41) is 11.2. The maximum Gasteiger partial charge on any atom is 0.387 e. The molecule has 0 saturated heterocycles. The van der Waals surface area contributed by atoms with E-state index in [0.29, 0.717) is 0 Å². The Balaban J connectivity index is 2.31. The zero-order valence-corrected chi connectivity index (χ0v) is 12.9. The Morgan fingerprint density at radius 2 is 2.04 bits per heavy atom. The van der Waals surface area contributed by atoms with Crippen LogP contribution < -0.4 is 10.1 Å². The molecule has 0 aromatic heterocycles. The molecule has 6 nitrogen and oxygen atoms in total. The number of hydrogen-bond donors (Lipinski definition) is 2. The number of nitrogens with zero attached hydrogens (tertiary/aromatic N) is 1. The van der Waals surface area contributed by atoms with Crippen molar-refractivity contribution in [3.8, 4) is 5.75 Å². The molecule has 0 fully saturated rings. The summed E-state index contributed by atoms with van der Waals surface area (Å²) in [6.07, 6.45) is 0.920. The van der Waals surface area contributed by atoms with Crippen LogP contribution in [0.3, 0.4) is 0 Å². The lowest BCUT2D eigenvalue weighted by Crippen LogP contribution is -2.34. The molecule has 2 amide bonds. The van der Waals surface area contributed by atoms with Gasteiger partial charge in [0, 0.05) is 12.1 Å². The molecule has 1 aliphatic heterocycles. The first kappa shape index (κ1) is 17.3. The zero-order valence-electron chi connectivity index (χ0n) is 11.4. The highest BCUT2D eigenvalue weighted by Gasteiger charge is 2.31. The van der Waals surface area contributed by atoms with Crippen LogP contribution in [0, 0.1) is 5.82 Å². The number of aliphatic hydroxyl groups excluding tert-OH is 1. The van der Waals surface area contributed by atoms with E-state index in [1.165, 1.54) is 0 Å². The van der Waals surface area contributed by atoms with Crippen molar-refractivity contribution < 1.29 is 32.6 Å². The van der Waals surface area contributed by atoms with Gasteiger partial charge in [-0.1, -0.05) is 0 Å². The summed E-state index contributed by atoms with van der Waals surface area (Å²) < 4.78 is 42.6. The number of β-amino-alcohol motifs (C(OH)–C–C–N with tert-alkyl or cyclic N) is 1. The molecule has 23 heavy (non-hydrogen) atoms. The second-order valence-corrected chi connectivity index (χ2v) is 5.20. The lowest BCUT2D eigenvalue weighted by atomic mass is 10.2.